The van der Waals surface area contributed by atoms with E-state index < -0.39 is 36.8 Å². The Hall–Kier alpha value is -0.540. The number of rotatable bonds is 1. The average molecular weight is 240 g/mol. The van der Waals surface area contributed by atoms with E-state index in [1.54, 1.807) is 0 Å². The van der Waals surface area contributed by atoms with Crippen molar-refractivity contribution in [2.45, 2.75) is 30.2 Å². The van der Waals surface area contributed by atoms with E-state index in [1.807, 2.05) is 0 Å². The summed E-state index contributed by atoms with van der Waals surface area (Å²) in [5.74, 6) is -16.5. The van der Waals surface area contributed by atoms with Crippen molar-refractivity contribution in [2.24, 2.45) is 0 Å². The topological polar surface area (TPSA) is 49.7 Å². The first-order chi connectivity index (χ1) is 6.59. The van der Waals surface area contributed by atoms with Gasteiger partial charge in [0, 0.05) is 0 Å². The maximum Gasteiger partial charge on any atom is 0.379 e. The molecule has 1 aliphatic heterocycles. The lowest BCUT2D eigenvalue weighted by atomic mass is 9.96. The molecule has 1 fully saturated rings. The number of aliphatic hydroxyl groups excluding tert-OH is 2. The van der Waals surface area contributed by atoms with E-state index in [9.17, 15) is 26.3 Å². The minimum atomic E-state index is -5.79. The monoisotopic (exact) mass is 240 g/mol. The van der Waals surface area contributed by atoms with Gasteiger partial charge in [0.25, 0.3) is 0 Å². The first-order valence-electron chi connectivity index (χ1n) is 3.67. The molecule has 1 saturated heterocycles. The van der Waals surface area contributed by atoms with Crippen molar-refractivity contribution >= 4 is 0 Å². The van der Waals surface area contributed by atoms with Crippen LogP contribution in [0.15, 0.2) is 0 Å². The van der Waals surface area contributed by atoms with Crippen LogP contribution < -0.4 is 0 Å². The summed E-state index contributed by atoms with van der Waals surface area (Å²) >= 11 is 0. The second kappa shape index (κ2) is 3.22. The van der Waals surface area contributed by atoms with Crippen LogP contribution in [0.3, 0.4) is 0 Å². The Morgan fingerprint density at radius 3 is 1.87 bits per heavy atom. The van der Waals surface area contributed by atoms with E-state index in [1.165, 1.54) is 0 Å². The van der Waals surface area contributed by atoms with E-state index in [0.717, 1.165) is 0 Å². The molecule has 1 heterocycles. The number of aliphatic hydroxyl groups is 2. The molecule has 0 aromatic rings. The Morgan fingerprint density at radius 1 is 1.00 bits per heavy atom. The Kier molecular flexibility index (Phi) is 2.69. The van der Waals surface area contributed by atoms with Crippen molar-refractivity contribution in [1.29, 1.82) is 0 Å². The molecular weight excluding hydrogens is 234 g/mol. The summed E-state index contributed by atoms with van der Waals surface area (Å²) in [5.41, 5.74) is 0. The van der Waals surface area contributed by atoms with Crippen molar-refractivity contribution in [1.82, 2.24) is 0 Å². The number of hydrogen-bond acceptors (Lipinski definition) is 3. The zero-order valence-electron chi connectivity index (χ0n) is 6.93. The molecule has 0 bridgehead atoms. The Labute approximate surface area is 79.3 Å². The molecule has 2 atom stereocenters. The fourth-order valence-corrected chi connectivity index (χ4v) is 1.06. The highest BCUT2D eigenvalue weighted by atomic mass is 19.3. The van der Waals surface area contributed by atoms with Gasteiger partial charge in [0.1, 0.15) is 0 Å². The normalized spacial score (nSPS) is 37.6. The van der Waals surface area contributed by atoms with E-state index in [4.69, 9.17) is 10.2 Å². The SMILES string of the molecule is OC[C@H]1O[C@@H](O)C(F)(F)C(F)(F)C1(F)F. The van der Waals surface area contributed by atoms with Crippen molar-refractivity contribution in [3.63, 3.8) is 0 Å². The molecule has 15 heavy (non-hydrogen) atoms. The number of halogens is 6. The molecule has 2 N–H and O–H groups in total. The van der Waals surface area contributed by atoms with Crippen molar-refractivity contribution in [2.75, 3.05) is 6.61 Å². The van der Waals surface area contributed by atoms with Gasteiger partial charge >= 0.3 is 17.8 Å². The molecule has 0 unspecified atom stereocenters. The van der Waals surface area contributed by atoms with Crippen LogP contribution in [0.2, 0.25) is 0 Å². The van der Waals surface area contributed by atoms with Gasteiger partial charge in [-0.1, -0.05) is 0 Å². The summed E-state index contributed by atoms with van der Waals surface area (Å²) in [6.07, 6.45) is -6.26. The molecule has 9 heteroatoms. The number of hydrogen-bond donors (Lipinski definition) is 2. The van der Waals surface area contributed by atoms with E-state index in [0.29, 0.717) is 0 Å². The third-order valence-electron chi connectivity index (χ3n) is 2.01. The first kappa shape index (κ1) is 12.5. The molecule has 0 aromatic carbocycles. The molecule has 0 amide bonds. The van der Waals surface area contributed by atoms with Crippen LogP contribution >= 0.6 is 0 Å². The van der Waals surface area contributed by atoms with Crippen LogP contribution in [-0.4, -0.2) is 47.0 Å². The highest BCUT2D eigenvalue weighted by Gasteiger charge is 2.80. The summed E-state index contributed by atoms with van der Waals surface area (Å²) in [5, 5.41) is 16.7. The van der Waals surface area contributed by atoms with Gasteiger partial charge in [-0.3, -0.25) is 0 Å². The fraction of sp³-hybridized carbons (Fsp3) is 1.00. The van der Waals surface area contributed by atoms with E-state index in [-0.39, 0.29) is 0 Å². The number of ether oxygens (including phenoxy) is 1. The molecule has 0 spiro atoms. The van der Waals surface area contributed by atoms with Gasteiger partial charge in [-0.05, 0) is 0 Å². The van der Waals surface area contributed by atoms with Gasteiger partial charge < -0.3 is 14.9 Å². The van der Waals surface area contributed by atoms with Crippen molar-refractivity contribution < 1.29 is 41.3 Å². The second-order valence-electron chi connectivity index (χ2n) is 2.98. The summed E-state index contributed by atoms with van der Waals surface area (Å²) < 4.78 is 79.1. The Bertz CT molecular complexity index is 255. The van der Waals surface area contributed by atoms with Crippen LogP contribution in [0, 0.1) is 0 Å². The van der Waals surface area contributed by atoms with Crippen LogP contribution in [0.1, 0.15) is 0 Å². The molecule has 1 aliphatic rings. The molecule has 0 aliphatic carbocycles. The van der Waals surface area contributed by atoms with Gasteiger partial charge in [-0.2, -0.15) is 26.3 Å². The minimum absolute atomic E-state index is 1.62. The van der Waals surface area contributed by atoms with Crippen LogP contribution in [0.5, 0.6) is 0 Å². The molecule has 3 nitrogen and oxygen atoms in total. The van der Waals surface area contributed by atoms with Crippen LogP contribution in [0.4, 0.5) is 26.3 Å². The number of alkyl halides is 6. The predicted molar refractivity (Wildman–Crippen MR) is 32.8 cm³/mol. The van der Waals surface area contributed by atoms with Gasteiger partial charge in [0.15, 0.2) is 6.10 Å². The molecule has 0 saturated carbocycles. The lowest BCUT2D eigenvalue weighted by molar-refractivity contribution is -0.437. The standard InChI is InChI=1S/C6H6F6O3/c7-4(8)2(1-13)15-3(14)5(9,10)6(4,11)12/h2-3,13-14H,1H2/t2-,3-/m1/s1. The molecule has 90 valence electrons. The van der Waals surface area contributed by atoms with E-state index in [2.05, 4.69) is 4.74 Å². The van der Waals surface area contributed by atoms with Gasteiger partial charge in [0.05, 0.1) is 6.61 Å². The Morgan fingerprint density at radius 2 is 1.47 bits per heavy atom. The summed E-state index contributed by atoms with van der Waals surface area (Å²) in [4.78, 5) is 0. The third-order valence-corrected chi connectivity index (χ3v) is 2.01. The van der Waals surface area contributed by atoms with Crippen molar-refractivity contribution in [3.05, 3.63) is 0 Å². The summed E-state index contributed by atoms with van der Waals surface area (Å²) in [6.45, 7) is -1.62. The van der Waals surface area contributed by atoms with Gasteiger partial charge in [-0.15, -0.1) is 0 Å². The molecular formula is C6H6F6O3. The van der Waals surface area contributed by atoms with Crippen molar-refractivity contribution in [3.8, 4) is 0 Å². The largest absolute Gasteiger partial charge is 0.393 e. The zero-order chi connectivity index (χ0) is 12.1. The first-order valence-corrected chi connectivity index (χ1v) is 3.67. The fourth-order valence-electron chi connectivity index (χ4n) is 1.06. The third kappa shape index (κ3) is 1.41. The van der Waals surface area contributed by atoms with Gasteiger partial charge in [-0.25, -0.2) is 0 Å². The summed E-state index contributed by atoms with van der Waals surface area (Å²) in [7, 11) is 0. The minimum Gasteiger partial charge on any atom is -0.393 e. The average Bonchev–Trinajstić information content (AvgIpc) is 2.10. The quantitative estimate of drug-likeness (QED) is 0.660. The molecule has 0 radical (unpaired) electrons. The second-order valence-corrected chi connectivity index (χ2v) is 2.98. The maximum atomic E-state index is 12.7. The smallest absolute Gasteiger partial charge is 0.379 e. The van der Waals surface area contributed by atoms with Crippen LogP contribution in [-0.2, 0) is 4.74 Å². The lowest BCUT2D eigenvalue weighted by Crippen LogP contribution is -2.70. The maximum absolute atomic E-state index is 12.7. The molecule has 1 rings (SSSR count). The lowest BCUT2D eigenvalue weighted by Gasteiger charge is -2.43. The Balaban J connectivity index is 3.16. The predicted octanol–water partition coefficient (Wildman–Crippen LogP) is 0.602. The van der Waals surface area contributed by atoms with Crippen LogP contribution in [0.25, 0.3) is 0 Å². The zero-order valence-corrected chi connectivity index (χ0v) is 6.93. The highest BCUT2D eigenvalue weighted by molar-refractivity contribution is 5.05. The van der Waals surface area contributed by atoms with E-state index >= 15 is 0 Å². The molecule has 0 aromatic heterocycles. The van der Waals surface area contributed by atoms with Gasteiger partial charge in [0.2, 0.25) is 6.29 Å². The highest BCUT2D eigenvalue weighted by Crippen LogP contribution is 2.53. The summed E-state index contributed by atoms with van der Waals surface area (Å²) in [6, 6.07) is 0.